The van der Waals surface area contributed by atoms with Gasteiger partial charge in [0.25, 0.3) is 0 Å². The molecular formula is C11H15Cl2NO. The van der Waals surface area contributed by atoms with Crippen molar-refractivity contribution < 1.29 is 4.74 Å². The van der Waals surface area contributed by atoms with E-state index in [1.165, 1.54) is 0 Å². The van der Waals surface area contributed by atoms with E-state index in [1.807, 2.05) is 12.1 Å². The van der Waals surface area contributed by atoms with E-state index >= 15 is 0 Å². The summed E-state index contributed by atoms with van der Waals surface area (Å²) in [5, 5.41) is 4.34. The summed E-state index contributed by atoms with van der Waals surface area (Å²) < 4.78 is 5.34. The maximum Gasteiger partial charge on any atom is 0.0639 e. The number of ether oxygens (including phenoxy) is 1. The minimum absolute atomic E-state index is 0.566. The van der Waals surface area contributed by atoms with Crippen molar-refractivity contribution >= 4 is 28.9 Å². The molecule has 0 saturated heterocycles. The minimum Gasteiger partial charge on any atom is -0.383 e. The van der Waals surface area contributed by atoms with Crippen LogP contribution in [0.15, 0.2) is 18.2 Å². The molecule has 1 aromatic carbocycles. The Hall–Kier alpha value is -0.440. The molecule has 1 N–H and O–H groups in total. The fourth-order valence-corrected chi connectivity index (χ4v) is 1.42. The second-order valence-electron chi connectivity index (χ2n) is 3.17. The minimum atomic E-state index is 0.566. The second-order valence-corrected chi connectivity index (χ2v) is 3.98. The molecule has 0 radical (unpaired) electrons. The van der Waals surface area contributed by atoms with Crippen molar-refractivity contribution in [3.05, 3.63) is 28.2 Å². The van der Waals surface area contributed by atoms with Crippen molar-refractivity contribution in [1.82, 2.24) is 0 Å². The lowest BCUT2D eigenvalue weighted by molar-refractivity contribution is 0.144. The van der Waals surface area contributed by atoms with E-state index in [1.54, 1.807) is 6.07 Å². The van der Waals surface area contributed by atoms with Crippen LogP contribution in [0.4, 0.5) is 5.69 Å². The standard InChI is InChI=1S/C11H15Cl2NO/c1-2-6-15-7-5-14-9-3-4-10(12)11(13)8-9/h3-4,8,14H,2,5-7H2,1H3. The molecule has 2 nitrogen and oxygen atoms in total. The van der Waals surface area contributed by atoms with Gasteiger partial charge in [0.05, 0.1) is 16.7 Å². The zero-order valence-corrected chi connectivity index (χ0v) is 10.2. The summed E-state index contributed by atoms with van der Waals surface area (Å²) in [5.41, 5.74) is 0.962. The maximum absolute atomic E-state index is 5.87. The third kappa shape index (κ3) is 4.74. The lowest BCUT2D eigenvalue weighted by Crippen LogP contribution is -2.09. The molecular weight excluding hydrogens is 233 g/mol. The molecule has 1 aromatic rings. The first-order valence-corrected chi connectivity index (χ1v) is 5.76. The molecule has 0 atom stereocenters. The molecule has 4 heteroatoms. The summed E-state index contributed by atoms with van der Waals surface area (Å²) >= 11 is 11.7. The van der Waals surface area contributed by atoms with Crippen LogP contribution in [-0.4, -0.2) is 19.8 Å². The molecule has 0 bridgehead atoms. The van der Waals surface area contributed by atoms with E-state index in [2.05, 4.69) is 12.2 Å². The molecule has 15 heavy (non-hydrogen) atoms. The zero-order valence-electron chi connectivity index (χ0n) is 8.72. The van der Waals surface area contributed by atoms with Crippen LogP contribution < -0.4 is 5.32 Å². The van der Waals surface area contributed by atoms with Crippen molar-refractivity contribution in [2.75, 3.05) is 25.1 Å². The summed E-state index contributed by atoms with van der Waals surface area (Å²) in [5.74, 6) is 0. The highest BCUT2D eigenvalue weighted by Crippen LogP contribution is 2.24. The average molecular weight is 248 g/mol. The van der Waals surface area contributed by atoms with Gasteiger partial charge in [0.1, 0.15) is 0 Å². The van der Waals surface area contributed by atoms with Crippen molar-refractivity contribution in [1.29, 1.82) is 0 Å². The first-order valence-electron chi connectivity index (χ1n) is 5.00. The predicted octanol–water partition coefficient (Wildman–Crippen LogP) is 3.83. The quantitative estimate of drug-likeness (QED) is 0.772. The maximum atomic E-state index is 5.87. The molecule has 0 amide bonds. The molecule has 0 saturated carbocycles. The topological polar surface area (TPSA) is 21.3 Å². The van der Waals surface area contributed by atoms with Crippen LogP contribution >= 0.6 is 23.2 Å². The number of nitrogens with one attached hydrogen (secondary N) is 1. The summed E-state index contributed by atoms with van der Waals surface area (Å²) in [4.78, 5) is 0. The number of anilines is 1. The molecule has 0 heterocycles. The van der Waals surface area contributed by atoms with Gasteiger partial charge in [0.2, 0.25) is 0 Å². The van der Waals surface area contributed by atoms with Crippen LogP contribution in [0.3, 0.4) is 0 Å². The first kappa shape index (κ1) is 12.6. The SMILES string of the molecule is CCCOCCNc1ccc(Cl)c(Cl)c1. The van der Waals surface area contributed by atoms with Gasteiger partial charge < -0.3 is 10.1 Å². The van der Waals surface area contributed by atoms with Gasteiger partial charge in [-0.1, -0.05) is 30.1 Å². The summed E-state index contributed by atoms with van der Waals surface area (Å²) in [6.45, 7) is 4.38. The van der Waals surface area contributed by atoms with Crippen LogP contribution in [0, 0.1) is 0 Å². The van der Waals surface area contributed by atoms with E-state index in [-0.39, 0.29) is 0 Å². The Labute approximate surface area is 101 Å². The van der Waals surface area contributed by atoms with Gasteiger partial charge >= 0.3 is 0 Å². The Bertz CT molecular complexity index is 305. The van der Waals surface area contributed by atoms with Gasteiger partial charge in [0, 0.05) is 18.8 Å². The van der Waals surface area contributed by atoms with E-state index in [9.17, 15) is 0 Å². The molecule has 0 aliphatic heterocycles. The Kier molecular flexibility index (Phi) is 5.84. The van der Waals surface area contributed by atoms with Crippen molar-refractivity contribution in [2.24, 2.45) is 0 Å². The smallest absolute Gasteiger partial charge is 0.0639 e. The largest absolute Gasteiger partial charge is 0.383 e. The first-order chi connectivity index (χ1) is 7.24. The highest BCUT2D eigenvalue weighted by Gasteiger charge is 1.98. The zero-order chi connectivity index (χ0) is 11.1. The Balaban J connectivity index is 2.28. The van der Waals surface area contributed by atoms with Gasteiger partial charge in [-0.15, -0.1) is 0 Å². The average Bonchev–Trinajstić information content (AvgIpc) is 2.23. The second kappa shape index (κ2) is 6.94. The Morgan fingerprint density at radius 2 is 2.00 bits per heavy atom. The molecule has 0 unspecified atom stereocenters. The number of rotatable bonds is 6. The van der Waals surface area contributed by atoms with E-state index in [0.717, 1.165) is 25.3 Å². The fourth-order valence-electron chi connectivity index (χ4n) is 1.12. The third-order valence-corrected chi connectivity index (χ3v) is 2.58. The molecule has 1 rings (SSSR count). The fraction of sp³-hybridized carbons (Fsp3) is 0.455. The predicted molar refractivity (Wildman–Crippen MR) is 66.1 cm³/mol. The highest BCUT2D eigenvalue weighted by atomic mass is 35.5. The summed E-state index contributed by atoms with van der Waals surface area (Å²) in [7, 11) is 0. The van der Waals surface area contributed by atoms with Crippen LogP contribution in [0.5, 0.6) is 0 Å². The molecule has 0 aliphatic rings. The van der Waals surface area contributed by atoms with Crippen LogP contribution in [-0.2, 0) is 4.74 Å². The van der Waals surface area contributed by atoms with E-state index in [4.69, 9.17) is 27.9 Å². The van der Waals surface area contributed by atoms with Crippen LogP contribution in [0.2, 0.25) is 10.0 Å². The number of hydrogen-bond acceptors (Lipinski definition) is 2. The van der Waals surface area contributed by atoms with Gasteiger partial charge in [0.15, 0.2) is 0 Å². The molecule has 0 aromatic heterocycles. The number of benzene rings is 1. The molecule has 0 spiro atoms. The lowest BCUT2D eigenvalue weighted by atomic mass is 10.3. The van der Waals surface area contributed by atoms with Crippen LogP contribution in [0.1, 0.15) is 13.3 Å². The number of halogens is 2. The van der Waals surface area contributed by atoms with Crippen molar-refractivity contribution in [3.8, 4) is 0 Å². The van der Waals surface area contributed by atoms with Crippen molar-refractivity contribution in [2.45, 2.75) is 13.3 Å². The van der Waals surface area contributed by atoms with Crippen molar-refractivity contribution in [3.63, 3.8) is 0 Å². The number of hydrogen-bond donors (Lipinski definition) is 1. The van der Waals surface area contributed by atoms with Gasteiger partial charge in [-0.05, 0) is 24.6 Å². The monoisotopic (exact) mass is 247 g/mol. The molecule has 0 fully saturated rings. The molecule has 0 aliphatic carbocycles. The van der Waals surface area contributed by atoms with Gasteiger partial charge in [-0.2, -0.15) is 0 Å². The Morgan fingerprint density at radius 1 is 1.20 bits per heavy atom. The summed E-state index contributed by atoms with van der Waals surface area (Å²) in [6, 6.07) is 5.48. The summed E-state index contributed by atoms with van der Waals surface area (Å²) in [6.07, 6.45) is 1.05. The van der Waals surface area contributed by atoms with Gasteiger partial charge in [-0.3, -0.25) is 0 Å². The normalized spacial score (nSPS) is 10.3. The highest BCUT2D eigenvalue weighted by molar-refractivity contribution is 6.42. The van der Waals surface area contributed by atoms with E-state index in [0.29, 0.717) is 16.7 Å². The third-order valence-electron chi connectivity index (χ3n) is 1.84. The van der Waals surface area contributed by atoms with Gasteiger partial charge in [-0.25, -0.2) is 0 Å². The Morgan fingerprint density at radius 3 is 2.67 bits per heavy atom. The van der Waals surface area contributed by atoms with E-state index < -0.39 is 0 Å². The lowest BCUT2D eigenvalue weighted by Gasteiger charge is -2.07. The van der Waals surface area contributed by atoms with Crippen LogP contribution in [0.25, 0.3) is 0 Å². The molecule has 84 valence electrons.